The molecule has 0 saturated heterocycles. The fraction of sp³-hybridized carbons (Fsp3) is 0.455. The van der Waals surface area contributed by atoms with E-state index in [9.17, 15) is 13.5 Å². The van der Waals surface area contributed by atoms with Crippen LogP contribution in [0, 0.1) is 0 Å². The van der Waals surface area contributed by atoms with Crippen molar-refractivity contribution in [1.82, 2.24) is 4.31 Å². The number of sulfonamides is 1. The summed E-state index contributed by atoms with van der Waals surface area (Å²) in [6, 6.07) is 2.95. The Balaban J connectivity index is 3.14. The number of aliphatic hydroxyl groups is 1. The van der Waals surface area contributed by atoms with Gasteiger partial charge in [-0.05, 0) is 25.5 Å². The van der Waals surface area contributed by atoms with Crippen LogP contribution in [0.2, 0.25) is 10.0 Å². The first-order chi connectivity index (χ1) is 8.66. The highest BCUT2D eigenvalue weighted by Gasteiger charge is 2.26. The van der Waals surface area contributed by atoms with Crippen LogP contribution < -0.4 is 0 Å². The maximum absolute atomic E-state index is 12.4. The SMILES string of the molecule is CC(O)CCN(C)S(=O)(=O)c1c(Cl)cc(Br)cc1Cl. The van der Waals surface area contributed by atoms with E-state index >= 15 is 0 Å². The molecule has 0 bridgehead atoms. The van der Waals surface area contributed by atoms with Crippen LogP contribution >= 0.6 is 39.1 Å². The third-order valence-corrected chi connectivity index (χ3v) is 5.73. The molecule has 0 fully saturated rings. The number of nitrogens with zero attached hydrogens (tertiary/aromatic N) is 1. The van der Waals surface area contributed by atoms with E-state index in [4.69, 9.17) is 23.2 Å². The van der Waals surface area contributed by atoms with Crippen molar-refractivity contribution in [2.75, 3.05) is 13.6 Å². The summed E-state index contributed by atoms with van der Waals surface area (Å²) in [5, 5.41) is 9.32. The normalized spacial score (nSPS) is 13.8. The molecule has 19 heavy (non-hydrogen) atoms. The molecule has 0 saturated carbocycles. The van der Waals surface area contributed by atoms with E-state index in [1.807, 2.05) is 0 Å². The first-order valence-electron chi connectivity index (χ1n) is 5.45. The fourth-order valence-corrected chi connectivity index (χ4v) is 4.48. The predicted octanol–water partition coefficient (Wildman–Crippen LogP) is 3.15. The third kappa shape index (κ3) is 4.31. The molecule has 108 valence electrons. The summed E-state index contributed by atoms with van der Waals surface area (Å²) in [5.74, 6) is 0. The van der Waals surface area contributed by atoms with Crippen molar-refractivity contribution in [3.05, 3.63) is 26.7 Å². The minimum atomic E-state index is -3.78. The molecular formula is C11H14BrCl2NO3S. The molecule has 0 aliphatic heterocycles. The van der Waals surface area contributed by atoms with E-state index in [2.05, 4.69) is 15.9 Å². The second-order valence-corrected chi connectivity index (χ2v) is 7.87. The smallest absolute Gasteiger partial charge is 0.245 e. The van der Waals surface area contributed by atoms with Gasteiger partial charge in [0, 0.05) is 18.1 Å². The van der Waals surface area contributed by atoms with Crippen LogP contribution in [0.1, 0.15) is 13.3 Å². The molecule has 4 nitrogen and oxygen atoms in total. The van der Waals surface area contributed by atoms with E-state index in [1.165, 1.54) is 19.2 Å². The van der Waals surface area contributed by atoms with E-state index in [0.717, 1.165) is 4.31 Å². The van der Waals surface area contributed by atoms with Crippen molar-refractivity contribution in [2.45, 2.75) is 24.3 Å². The van der Waals surface area contributed by atoms with E-state index < -0.39 is 16.1 Å². The maximum atomic E-state index is 12.4. The molecule has 0 spiro atoms. The maximum Gasteiger partial charge on any atom is 0.245 e. The van der Waals surface area contributed by atoms with Gasteiger partial charge in [0.15, 0.2) is 0 Å². The Morgan fingerprint density at radius 2 is 1.84 bits per heavy atom. The summed E-state index contributed by atoms with van der Waals surface area (Å²) < 4.78 is 26.4. The summed E-state index contributed by atoms with van der Waals surface area (Å²) >= 11 is 15.1. The van der Waals surface area contributed by atoms with Gasteiger partial charge in [-0.1, -0.05) is 39.1 Å². The topological polar surface area (TPSA) is 57.6 Å². The average Bonchev–Trinajstić information content (AvgIpc) is 2.23. The van der Waals surface area contributed by atoms with Crippen molar-refractivity contribution < 1.29 is 13.5 Å². The molecule has 1 aromatic carbocycles. The van der Waals surface area contributed by atoms with Crippen LogP contribution in [0.4, 0.5) is 0 Å². The van der Waals surface area contributed by atoms with Crippen LogP contribution in [0.3, 0.4) is 0 Å². The monoisotopic (exact) mass is 389 g/mol. The Morgan fingerprint density at radius 3 is 2.26 bits per heavy atom. The van der Waals surface area contributed by atoms with E-state index in [0.29, 0.717) is 10.9 Å². The van der Waals surface area contributed by atoms with Crippen LogP contribution in [0.15, 0.2) is 21.5 Å². The molecule has 0 aromatic heterocycles. The zero-order valence-corrected chi connectivity index (χ0v) is 14.3. The van der Waals surface area contributed by atoms with Crippen molar-refractivity contribution in [1.29, 1.82) is 0 Å². The standard InChI is InChI=1S/C11H14BrCl2NO3S/c1-7(16)3-4-15(2)19(17,18)11-9(13)5-8(12)6-10(11)14/h5-7,16H,3-4H2,1-2H3. The molecule has 0 aliphatic carbocycles. The highest BCUT2D eigenvalue weighted by atomic mass is 79.9. The van der Waals surface area contributed by atoms with Gasteiger partial charge in [0.2, 0.25) is 10.0 Å². The Bertz CT molecular complexity index is 540. The van der Waals surface area contributed by atoms with Gasteiger partial charge in [-0.15, -0.1) is 0 Å². The lowest BCUT2D eigenvalue weighted by Crippen LogP contribution is -2.30. The van der Waals surface area contributed by atoms with Gasteiger partial charge < -0.3 is 5.11 Å². The lowest BCUT2D eigenvalue weighted by molar-refractivity contribution is 0.177. The summed E-state index contributed by atoms with van der Waals surface area (Å²) in [4.78, 5) is -0.118. The quantitative estimate of drug-likeness (QED) is 0.839. The van der Waals surface area contributed by atoms with Gasteiger partial charge in [0.1, 0.15) is 4.90 Å². The Morgan fingerprint density at radius 1 is 1.37 bits per heavy atom. The molecule has 1 N–H and O–H groups in total. The number of hydrogen-bond acceptors (Lipinski definition) is 3. The van der Waals surface area contributed by atoms with Crippen molar-refractivity contribution in [3.8, 4) is 0 Å². The minimum Gasteiger partial charge on any atom is -0.393 e. The fourth-order valence-electron chi connectivity index (χ4n) is 1.42. The number of aliphatic hydroxyl groups excluding tert-OH is 1. The summed E-state index contributed by atoms with van der Waals surface area (Å²) in [6.45, 7) is 1.78. The van der Waals surface area contributed by atoms with Gasteiger partial charge >= 0.3 is 0 Å². The molecule has 0 aliphatic rings. The molecule has 1 atom stereocenters. The summed E-state index contributed by atoms with van der Waals surface area (Å²) in [6.07, 6.45) is -0.241. The molecule has 0 radical (unpaired) electrons. The first-order valence-corrected chi connectivity index (χ1v) is 8.44. The number of rotatable bonds is 5. The highest BCUT2D eigenvalue weighted by Crippen LogP contribution is 2.34. The van der Waals surface area contributed by atoms with Crippen LogP contribution in [0.5, 0.6) is 0 Å². The second kappa shape index (κ2) is 6.74. The highest BCUT2D eigenvalue weighted by molar-refractivity contribution is 9.10. The molecule has 1 unspecified atom stereocenters. The van der Waals surface area contributed by atoms with E-state index in [-0.39, 0.29) is 21.5 Å². The molecule has 1 aromatic rings. The molecule has 8 heteroatoms. The van der Waals surface area contributed by atoms with E-state index in [1.54, 1.807) is 6.92 Å². The van der Waals surface area contributed by atoms with Gasteiger partial charge in [-0.3, -0.25) is 0 Å². The first kappa shape index (κ1) is 17.2. The minimum absolute atomic E-state index is 0.0586. The lowest BCUT2D eigenvalue weighted by atomic mass is 10.3. The van der Waals surface area contributed by atoms with Gasteiger partial charge in [-0.25, -0.2) is 12.7 Å². The van der Waals surface area contributed by atoms with Crippen molar-refractivity contribution in [2.24, 2.45) is 0 Å². The second-order valence-electron chi connectivity index (χ2n) is 4.16. The van der Waals surface area contributed by atoms with Gasteiger partial charge in [0.25, 0.3) is 0 Å². The van der Waals surface area contributed by atoms with Gasteiger partial charge in [0.05, 0.1) is 16.1 Å². The lowest BCUT2D eigenvalue weighted by Gasteiger charge is -2.19. The van der Waals surface area contributed by atoms with Crippen LogP contribution in [0.25, 0.3) is 0 Å². The molecule has 1 rings (SSSR count). The molecule has 0 amide bonds. The number of halogens is 3. The summed E-state index contributed by atoms with van der Waals surface area (Å²) in [5.41, 5.74) is 0. The van der Waals surface area contributed by atoms with Gasteiger partial charge in [-0.2, -0.15) is 0 Å². The molecule has 0 heterocycles. The Kier molecular flexibility index (Phi) is 6.10. The molecular weight excluding hydrogens is 377 g/mol. The summed E-state index contributed by atoms with van der Waals surface area (Å²) in [7, 11) is -2.35. The average molecular weight is 391 g/mol. The van der Waals surface area contributed by atoms with Crippen LogP contribution in [-0.2, 0) is 10.0 Å². The predicted molar refractivity (Wildman–Crippen MR) is 80.3 cm³/mol. The van der Waals surface area contributed by atoms with Crippen molar-refractivity contribution >= 4 is 49.2 Å². The Labute approximate surface area is 131 Å². The van der Waals surface area contributed by atoms with Crippen molar-refractivity contribution in [3.63, 3.8) is 0 Å². The number of benzene rings is 1. The zero-order valence-electron chi connectivity index (χ0n) is 10.4. The van der Waals surface area contributed by atoms with Crippen LogP contribution in [-0.4, -0.2) is 37.5 Å². The zero-order chi connectivity index (χ0) is 14.8. The number of hydrogen-bond donors (Lipinski definition) is 1. The Hall–Kier alpha value is 0.150. The largest absolute Gasteiger partial charge is 0.393 e. The third-order valence-electron chi connectivity index (χ3n) is 2.49.